The summed E-state index contributed by atoms with van der Waals surface area (Å²) in [5, 5.41) is 2.90. The van der Waals surface area contributed by atoms with Crippen LogP contribution in [0.4, 0.5) is 5.69 Å². The van der Waals surface area contributed by atoms with Crippen LogP contribution in [0.25, 0.3) is 0 Å². The van der Waals surface area contributed by atoms with Crippen LogP contribution in [0.15, 0.2) is 59.5 Å². The van der Waals surface area contributed by atoms with Crippen molar-refractivity contribution in [3.63, 3.8) is 0 Å². The molecule has 1 aliphatic heterocycles. The summed E-state index contributed by atoms with van der Waals surface area (Å²) in [7, 11) is -1.54. The van der Waals surface area contributed by atoms with Gasteiger partial charge in [-0.1, -0.05) is 37.1 Å². The van der Waals surface area contributed by atoms with E-state index in [-0.39, 0.29) is 10.8 Å². The summed E-state index contributed by atoms with van der Waals surface area (Å²) in [5.41, 5.74) is 1.51. The molecule has 6 nitrogen and oxygen atoms in total. The van der Waals surface area contributed by atoms with Crippen molar-refractivity contribution in [2.45, 2.75) is 37.0 Å². The van der Waals surface area contributed by atoms with Gasteiger partial charge in [0.05, 0.1) is 4.90 Å². The number of carbonyl (C=O) groups is 1. The molecule has 2 aromatic rings. The van der Waals surface area contributed by atoms with Crippen LogP contribution in [0.3, 0.4) is 0 Å². The lowest BCUT2D eigenvalue weighted by atomic mass is 10.2. The van der Waals surface area contributed by atoms with Gasteiger partial charge >= 0.3 is 0 Å². The number of carbonyl (C=O) groups excluding carboxylic acids is 1. The molecule has 0 atom stereocenters. The van der Waals surface area contributed by atoms with Crippen molar-refractivity contribution in [2.75, 3.05) is 38.1 Å². The number of nitrogens with one attached hydrogen (secondary N) is 1. The lowest BCUT2D eigenvalue weighted by molar-refractivity contribution is 0.0953. The molecule has 0 spiro atoms. The van der Waals surface area contributed by atoms with Crippen molar-refractivity contribution in [1.82, 2.24) is 9.62 Å². The van der Waals surface area contributed by atoms with Crippen molar-refractivity contribution in [3.8, 4) is 0 Å². The highest BCUT2D eigenvalue weighted by Crippen LogP contribution is 2.21. The number of amides is 1. The number of anilines is 1. The van der Waals surface area contributed by atoms with E-state index in [2.05, 4.69) is 22.3 Å². The van der Waals surface area contributed by atoms with Crippen LogP contribution in [0.5, 0.6) is 0 Å². The summed E-state index contributed by atoms with van der Waals surface area (Å²) in [6.07, 6.45) is 4.69. The Balaban J connectivity index is 1.55. The number of nitrogens with zero attached hydrogens (tertiary/aromatic N) is 2. The van der Waals surface area contributed by atoms with Gasteiger partial charge in [0, 0.05) is 44.5 Å². The second kappa shape index (κ2) is 10.6. The number of hydrogen-bond acceptors (Lipinski definition) is 4. The first kappa shape index (κ1) is 22.3. The van der Waals surface area contributed by atoms with E-state index in [1.54, 1.807) is 22.5 Å². The van der Waals surface area contributed by atoms with Gasteiger partial charge < -0.3 is 10.2 Å². The van der Waals surface area contributed by atoms with Crippen LogP contribution in [0.1, 0.15) is 42.5 Å². The Morgan fingerprint density at radius 2 is 1.70 bits per heavy atom. The molecule has 2 aromatic carbocycles. The molecule has 0 bridgehead atoms. The van der Waals surface area contributed by atoms with Gasteiger partial charge in [0.2, 0.25) is 10.0 Å². The van der Waals surface area contributed by atoms with Gasteiger partial charge in [0.15, 0.2) is 0 Å². The summed E-state index contributed by atoms with van der Waals surface area (Å²) >= 11 is 0. The molecule has 0 aliphatic carbocycles. The quantitative estimate of drug-likeness (QED) is 0.652. The van der Waals surface area contributed by atoms with E-state index in [9.17, 15) is 13.2 Å². The van der Waals surface area contributed by atoms with E-state index in [0.717, 1.165) is 44.3 Å². The second-order valence-electron chi connectivity index (χ2n) is 7.71. The Morgan fingerprint density at radius 3 is 2.40 bits per heavy atom. The van der Waals surface area contributed by atoms with Crippen LogP contribution >= 0.6 is 0 Å². The van der Waals surface area contributed by atoms with Crippen LogP contribution in [0, 0.1) is 0 Å². The van der Waals surface area contributed by atoms with Crippen LogP contribution in [0.2, 0.25) is 0 Å². The highest BCUT2D eigenvalue weighted by molar-refractivity contribution is 7.89. The highest BCUT2D eigenvalue weighted by Gasteiger charge is 2.25. The van der Waals surface area contributed by atoms with Gasteiger partial charge in [-0.3, -0.25) is 4.79 Å². The zero-order valence-corrected chi connectivity index (χ0v) is 18.4. The molecule has 1 N–H and O–H groups in total. The third-order valence-electron chi connectivity index (χ3n) is 5.45. The van der Waals surface area contributed by atoms with Crippen molar-refractivity contribution in [2.24, 2.45) is 0 Å². The van der Waals surface area contributed by atoms with Crippen molar-refractivity contribution < 1.29 is 13.2 Å². The maximum absolute atomic E-state index is 13.0. The van der Waals surface area contributed by atoms with Crippen molar-refractivity contribution in [3.05, 3.63) is 60.2 Å². The third-order valence-corrected chi connectivity index (χ3v) is 7.35. The summed E-state index contributed by atoms with van der Waals surface area (Å²) < 4.78 is 27.5. The number of hydrogen-bond donors (Lipinski definition) is 1. The zero-order valence-electron chi connectivity index (χ0n) is 17.6. The smallest absolute Gasteiger partial charge is 0.251 e. The second-order valence-corrected chi connectivity index (χ2v) is 9.65. The third kappa shape index (κ3) is 5.83. The molecule has 7 heteroatoms. The average Bonchev–Trinajstić information content (AvgIpc) is 3.07. The Labute approximate surface area is 179 Å². The molecular weight excluding hydrogens is 398 g/mol. The normalized spacial score (nSPS) is 15.4. The van der Waals surface area contributed by atoms with E-state index >= 15 is 0 Å². The fraction of sp³-hybridized carbons (Fsp3) is 0.435. The summed E-state index contributed by atoms with van der Waals surface area (Å²) in [6, 6.07) is 16.5. The number of rotatable bonds is 8. The van der Waals surface area contributed by atoms with E-state index in [1.165, 1.54) is 6.07 Å². The number of para-hydroxylation sites is 1. The lowest BCUT2D eigenvalue weighted by Crippen LogP contribution is -2.32. The summed E-state index contributed by atoms with van der Waals surface area (Å²) in [6.45, 7) is 2.44. The number of sulfonamides is 1. The van der Waals surface area contributed by atoms with E-state index < -0.39 is 10.0 Å². The Hall–Kier alpha value is -2.38. The molecular formula is C23H31N3O3S. The first-order chi connectivity index (χ1) is 14.5. The minimum absolute atomic E-state index is 0.195. The molecule has 0 radical (unpaired) electrons. The highest BCUT2D eigenvalue weighted by atomic mass is 32.2. The van der Waals surface area contributed by atoms with Gasteiger partial charge in [-0.05, 0) is 49.6 Å². The molecule has 0 saturated carbocycles. The molecule has 1 fully saturated rings. The van der Waals surface area contributed by atoms with Gasteiger partial charge in [-0.25, -0.2) is 8.42 Å². The molecule has 3 rings (SSSR count). The summed E-state index contributed by atoms with van der Waals surface area (Å²) in [4.78, 5) is 14.9. The fourth-order valence-electron chi connectivity index (χ4n) is 3.66. The molecule has 30 heavy (non-hydrogen) atoms. The Morgan fingerprint density at radius 1 is 1.00 bits per heavy atom. The van der Waals surface area contributed by atoms with Crippen LogP contribution < -0.4 is 10.2 Å². The molecule has 0 unspecified atom stereocenters. The van der Waals surface area contributed by atoms with E-state index in [0.29, 0.717) is 25.2 Å². The van der Waals surface area contributed by atoms with E-state index in [1.807, 2.05) is 25.2 Å². The minimum Gasteiger partial charge on any atom is -0.375 e. The predicted molar refractivity (Wildman–Crippen MR) is 120 cm³/mol. The van der Waals surface area contributed by atoms with Crippen molar-refractivity contribution in [1.29, 1.82) is 0 Å². The van der Waals surface area contributed by atoms with Crippen LogP contribution in [-0.2, 0) is 10.0 Å². The van der Waals surface area contributed by atoms with Gasteiger partial charge in [-0.2, -0.15) is 4.31 Å². The lowest BCUT2D eigenvalue weighted by Gasteiger charge is -2.20. The molecule has 0 aromatic heterocycles. The average molecular weight is 430 g/mol. The standard InChI is InChI=1S/C23H31N3O3S/c1-25(21-12-5-4-6-13-21)16-10-15-24-23(27)20-11-9-14-22(19-20)30(28,29)26-17-7-2-3-8-18-26/h4-6,9,11-14,19H,2-3,7-8,10,15-18H2,1H3,(H,24,27). The SMILES string of the molecule is CN(CCCNC(=O)c1cccc(S(=O)(=O)N2CCCCCC2)c1)c1ccccc1. The molecule has 1 aliphatic rings. The minimum atomic E-state index is -3.56. The van der Waals surface area contributed by atoms with Crippen LogP contribution in [-0.4, -0.2) is 51.9 Å². The predicted octanol–water partition coefficient (Wildman–Crippen LogP) is 3.51. The monoisotopic (exact) mass is 429 g/mol. The molecule has 1 saturated heterocycles. The summed E-state index contributed by atoms with van der Waals surface area (Å²) in [5.74, 6) is -0.245. The maximum Gasteiger partial charge on any atom is 0.251 e. The zero-order chi connectivity index (χ0) is 21.4. The topological polar surface area (TPSA) is 69.7 Å². The molecule has 162 valence electrons. The van der Waals surface area contributed by atoms with Gasteiger partial charge in [0.1, 0.15) is 0 Å². The Kier molecular flexibility index (Phi) is 7.87. The first-order valence-electron chi connectivity index (χ1n) is 10.6. The largest absolute Gasteiger partial charge is 0.375 e. The molecule has 1 amide bonds. The Bertz CT molecular complexity index is 924. The molecule has 1 heterocycles. The maximum atomic E-state index is 13.0. The van der Waals surface area contributed by atoms with Crippen molar-refractivity contribution >= 4 is 21.6 Å². The van der Waals surface area contributed by atoms with Gasteiger partial charge in [-0.15, -0.1) is 0 Å². The van der Waals surface area contributed by atoms with E-state index in [4.69, 9.17) is 0 Å². The first-order valence-corrected chi connectivity index (χ1v) is 12.1. The van der Waals surface area contributed by atoms with Gasteiger partial charge in [0.25, 0.3) is 5.91 Å². The number of benzene rings is 2. The fourth-order valence-corrected chi connectivity index (χ4v) is 5.22.